The predicted molar refractivity (Wildman–Crippen MR) is 82.3 cm³/mol. The quantitative estimate of drug-likeness (QED) is 0.668. The van der Waals surface area contributed by atoms with Gasteiger partial charge in [-0.3, -0.25) is 0 Å². The molecule has 19 heavy (non-hydrogen) atoms. The molecule has 1 rings (SSSR count). The summed E-state index contributed by atoms with van der Waals surface area (Å²) in [7, 11) is 0. The minimum absolute atomic E-state index is 0.436. The van der Waals surface area contributed by atoms with Gasteiger partial charge in [0.05, 0.1) is 0 Å². The van der Waals surface area contributed by atoms with Crippen LogP contribution in [0.15, 0.2) is 24.3 Å². The van der Waals surface area contributed by atoms with Crippen LogP contribution in [0, 0.1) is 3.57 Å². The number of amides is 2. The first-order valence-corrected chi connectivity index (χ1v) is 7.16. The molecule has 0 aromatic heterocycles. The van der Waals surface area contributed by atoms with Gasteiger partial charge < -0.3 is 15.7 Å². The molecule has 0 aliphatic rings. The Morgan fingerprint density at radius 1 is 1.42 bits per heavy atom. The van der Waals surface area contributed by atoms with Gasteiger partial charge in [-0.15, -0.1) is 0 Å². The van der Waals surface area contributed by atoms with Gasteiger partial charge in [0.25, 0.3) is 0 Å². The van der Waals surface area contributed by atoms with Crippen molar-refractivity contribution in [1.29, 1.82) is 0 Å². The van der Waals surface area contributed by atoms with Gasteiger partial charge in [0.2, 0.25) is 0 Å². The highest BCUT2D eigenvalue weighted by Gasteiger charge is 2.18. The van der Waals surface area contributed by atoms with Crippen molar-refractivity contribution in [3.8, 4) is 0 Å². The Morgan fingerprint density at radius 3 is 2.74 bits per heavy atom. The molecule has 6 heteroatoms. The van der Waals surface area contributed by atoms with Crippen molar-refractivity contribution >= 4 is 40.3 Å². The molecule has 0 spiro atoms. The Bertz CT molecular complexity index is 451. The van der Waals surface area contributed by atoms with E-state index in [-0.39, 0.29) is 0 Å². The molecule has 0 unspecified atom stereocenters. The first-order chi connectivity index (χ1) is 9.02. The average Bonchev–Trinajstić information content (AvgIpc) is 2.34. The summed E-state index contributed by atoms with van der Waals surface area (Å²) in [6.07, 6.45) is 2.09. The summed E-state index contributed by atoms with van der Waals surface area (Å²) in [5, 5.41) is 14.1. The molecule has 0 aliphatic heterocycles. The highest BCUT2D eigenvalue weighted by molar-refractivity contribution is 14.1. The molecule has 1 aromatic rings. The van der Waals surface area contributed by atoms with Crippen LogP contribution in [0.2, 0.25) is 0 Å². The van der Waals surface area contributed by atoms with E-state index in [9.17, 15) is 9.59 Å². The Balaban J connectivity index is 2.55. The van der Waals surface area contributed by atoms with Crippen LogP contribution in [0.4, 0.5) is 10.5 Å². The van der Waals surface area contributed by atoms with E-state index in [2.05, 4.69) is 33.2 Å². The van der Waals surface area contributed by atoms with Gasteiger partial charge >= 0.3 is 12.0 Å². The van der Waals surface area contributed by atoms with Gasteiger partial charge in [0, 0.05) is 9.26 Å². The average molecular weight is 376 g/mol. The lowest BCUT2D eigenvalue weighted by atomic mass is 10.1. The number of unbranched alkanes of at least 4 members (excludes halogenated alkanes) is 1. The number of carbonyl (C=O) groups is 2. The van der Waals surface area contributed by atoms with Crippen molar-refractivity contribution in [3.05, 3.63) is 27.8 Å². The Kier molecular flexibility index (Phi) is 6.61. The van der Waals surface area contributed by atoms with Gasteiger partial charge in [0.1, 0.15) is 6.04 Å². The van der Waals surface area contributed by atoms with Gasteiger partial charge in [-0.1, -0.05) is 25.8 Å². The highest BCUT2D eigenvalue weighted by Crippen LogP contribution is 2.12. The van der Waals surface area contributed by atoms with Crippen LogP contribution in [0.5, 0.6) is 0 Å². The standard InChI is InChI=1S/C13H17IN2O3/c1-2-3-7-11(12(17)18)16-13(19)15-10-6-4-5-9(14)8-10/h4-6,8,11H,2-3,7H2,1H3,(H,17,18)(H2,15,16,19)/t11-/m0/s1. The van der Waals surface area contributed by atoms with Crippen LogP contribution in [0.25, 0.3) is 0 Å². The van der Waals surface area contributed by atoms with E-state index in [1.54, 1.807) is 6.07 Å². The maximum atomic E-state index is 11.7. The molecule has 0 heterocycles. The number of hydrogen-bond donors (Lipinski definition) is 3. The second-order valence-electron chi connectivity index (χ2n) is 4.14. The number of carboxylic acid groups (broad SMARTS) is 1. The summed E-state index contributed by atoms with van der Waals surface area (Å²) in [4.78, 5) is 22.7. The molecule has 1 atom stereocenters. The molecule has 2 amide bonds. The Hall–Kier alpha value is -1.31. The summed E-state index contributed by atoms with van der Waals surface area (Å²) in [5.74, 6) is -1.01. The van der Waals surface area contributed by atoms with Crippen molar-refractivity contribution in [2.24, 2.45) is 0 Å². The normalized spacial score (nSPS) is 11.7. The third-order valence-corrected chi connectivity index (χ3v) is 3.20. The summed E-state index contributed by atoms with van der Waals surface area (Å²) in [6, 6.07) is 5.95. The summed E-state index contributed by atoms with van der Waals surface area (Å²) < 4.78 is 0.996. The van der Waals surface area contributed by atoms with Crippen molar-refractivity contribution in [3.63, 3.8) is 0 Å². The number of carbonyl (C=O) groups excluding carboxylic acids is 1. The number of aliphatic carboxylic acids is 1. The topological polar surface area (TPSA) is 78.4 Å². The second-order valence-corrected chi connectivity index (χ2v) is 5.39. The minimum atomic E-state index is -1.01. The SMILES string of the molecule is CCCC[C@H](NC(=O)Nc1cccc(I)c1)C(=O)O. The number of anilines is 1. The molecule has 0 fully saturated rings. The lowest BCUT2D eigenvalue weighted by molar-refractivity contribution is -0.139. The van der Waals surface area contributed by atoms with E-state index in [0.717, 1.165) is 16.4 Å². The van der Waals surface area contributed by atoms with Crippen LogP contribution in [-0.4, -0.2) is 23.1 Å². The van der Waals surface area contributed by atoms with Crippen LogP contribution < -0.4 is 10.6 Å². The van der Waals surface area contributed by atoms with Crippen LogP contribution in [0.3, 0.4) is 0 Å². The number of urea groups is 1. The van der Waals surface area contributed by atoms with Gasteiger partial charge in [0.15, 0.2) is 0 Å². The molecule has 0 saturated carbocycles. The third kappa shape index (κ3) is 5.91. The molecule has 0 saturated heterocycles. The lowest BCUT2D eigenvalue weighted by Gasteiger charge is -2.14. The van der Waals surface area contributed by atoms with E-state index in [0.29, 0.717) is 12.1 Å². The fraction of sp³-hybridized carbons (Fsp3) is 0.385. The molecule has 1 aromatic carbocycles. The van der Waals surface area contributed by atoms with E-state index >= 15 is 0 Å². The Labute approximate surface area is 125 Å². The van der Waals surface area contributed by atoms with E-state index in [1.807, 2.05) is 25.1 Å². The molecule has 0 aliphatic carbocycles. The van der Waals surface area contributed by atoms with E-state index < -0.39 is 18.0 Å². The van der Waals surface area contributed by atoms with Gasteiger partial charge in [-0.25, -0.2) is 9.59 Å². The van der Waals surface area contributed by atoms with Crippen molar-refractivity contribution in [2.75, 3.05) is 5.32 Å². The first-order valence-electron chi connectivity index (χ1n) is 6.08. The molecule has 104 valence electrons. The lowest BCUT2D eigenvalue weighted by Crippen LogP contribution is -2.42. The number of halogens is 1. The fourth-order valence-electron chi connectivity index (χ4n) is 1.56. The zero-order valence-electron chi connectivity index (χ0n) is 10.6. The van der Waals surface area contributed by atoms with Crippen molar-refractivity contribution in [1.82, 2.24) is 5.32 Å². The number of benzene rings is 1. The number of hydrogen-bond acceptors (Lipinski definition) is 2. The predicted octanol–water partition coefficient (Wildman–Crippen LogP) is 3.06. The van der Waals surface area contributed by atoms with Crippen molar-refractivity contribution < 1.29 is 14.7 Å². The molecule has 5 nitrogen and oxygen atoms in total. The zero-order chi connectivity index (χ0) is 14.3. The fourth-order valence-corrected chi connectivity index (χ4v) is 2.10. The van der Waals surface area contributed by atoms with E-state index in [4.69, 9.17) is 5.11 Å². The summed E-state index contributed by atoms with van der Waals surface area (Å²) in [6.45, 7) is 1.98. The number of nitrogens with one attached hydrogen (secondary N) is 2. The van der Waals surface area contributed by atoms with Crippen molar-refractivity contribution in [2.45, 2.75) is 32.2 Å². The van der Waals surface area contributed by atoms with Gasteiger partial charge in [-0.2, -0.15) is 0 Å². The monoisotopic (exact) mass is 376 g/mol. The molecule has 0 radical (unpaired) electrons. The van der Waals surface area contributed by atoms with Crippen LogP contribution >= 0.6 is 22.6 Å². The Morgan fingerprint density at radius 2 is 2.16 bits per heavy atom. The van der Waals surface area contributed by atoms with E-state index in [1.165, 1.54) is 0 Å². The maximum absolute atomic E-state index is 11.7. The molecule has 0 bridgehead atoms. The number of rotatable bonds is 6. The van der Waals surface area contributed by atoms with Gasteiger partial charge in [-0.05, 0) is 47.2 Å². The second kappa shape index (κ2) is 7.98. The summed E-state index contributed by atoms with van der Waals surface area (Å²) >= 11 is 2.14. The van der Waals surface area contributed by atoms with Crippen LogP contribution in [-0.2, 0) is 4.79 Å². The smallest absolute Gasteiger partial charge is 0.326 e. The molecular weight excluding hydrogens is 359 g/mol. The zero-order valence-corrected chi connectivity index (χ0v) is 12.8. The molecular formula is C13H17IN2O3. The van der Waals surface area contributed by atoms with Crippen LogP contribution in [0.1, 0.15) is 26.2 Å². The third-order valence-electron chi connectivity index (χ3n) is 2.53. The summed E-state index contributed by atoms with van der Waals surface area (Å²) in [5.41, 5.74) is 0.643. The number of carboxylic acids is 1. The highest BCUT2D eigenvalue weighted by atomic mass is 127. The largest absolute Gasteiger partial charge is 0.480 e. The maximum Gasteiger partial charge on any atom is 0.326 e. The minimum Gasteiger partial charge on any atom is -0.480 e. The molecule has 3 N–H and O–H groups in total. The first kappa shape index (κ1) is 15.7.